The van der Waals surface area contributed by atoms with Crippen LogP contribution in [0.3, 0.4) is 0 Å². The number of hydrogen-bond donors (Lipinski definition) is 0. The van der Waals surface area contributed by atoms with E-state index in [9.17, 15) is 9.59 Å². The van der Waals surface area contributed by atoms with Crippen molar-refractivity contribution in [1.29, 1.82) is 5.26 Å². The highest BCUT2D eigenvalue weighted by Gasteiger charge is 2.22. The first-order valence-electron chi connectivity index (χ1n) is 7.78. The topological polar surface area (TPSA) is 70.4 Å². The molecule has 0 unspecified atom stereocenters. The quantitative estimate of drug-likeness (QED) is 0.356. The fourth-order valence-corrected chi connectivity index (χ4v) is 3.13. The summed E-state index contributed by atoms with van der Waals surface area (Å²) in [5.74, 6) is -0.0434. The predicted octanol–water partition coefficient (Wildman–Crippen LogP) is 3.82. The summed E-state index contributed by atoms with van der Waals surface area (Å²) in [5.41, 5.74) is 1.49. The lowest BCUT2D eigenvalue weighted by Crippen LogP contribution is -2.28. The summed E-state index contributed by atoms with van der Waals surface area (Å²) in [6, 6.07) is 7.45. The van der Waals surface area contributed by atoms with Crippen LogP contribution in [0.25, 0.3) is 6.08 Å². The maximum absolute atomic E-state index is 12.4. The van der Waals surface area contributed by atoms with E-state index < -0.39 is 0 Å². The van der Waals surface area contributed by atoms with Gasteiger partial charge in [-0.3, -0.25) is 9.59 Å². The Morgan fingerprint density at radius 3 is 2.72 bits per heavy atom. The minimum Gasteiger partial charge on any atom is -0.426 e. The summed E-state index contributed by atoms with van der Waals surface area (Å²) in [7, 11) is 0. The molecule has 0 bridgehead atoms. The summed E-state index contributed by atoms with van der Waals surface area (Å²) >= 11 is 1.32. The average Bonchev–Trinajstić information content (AvgIpc) is 2.51. The zero-order valence-electron chi connectivity index (χ0n) is 14.7. The second-order valence-electron chi connectivity index (χ2n) is 6.60. The summed E-state index contributed by atoms with van der Waals surface area (Å²) in [5, 5.41) is 10.6. The number of carbonyl (C=O) groups excluding carboxylic acids is 2. The Kier molecular flexibility index (Phi) is 5.70. The van der Waals surface area contributed by atoms with Crippen molar-refractivity contribution in [2.75, 3.05) is 6.54 Å². The first-order valence-corrected chi connectivity index (χ1v) is 8.66. The maximum atomic E-state index is 12.4. The van der Waals surface area contributed by atoms with Crippen LogP contribution in [-0.4, -0.2) is 23.3 Å². The minimum atomic E-state index is -0.369. The molecule has 0 spiro atoms. The normalized spacial score (nSPS) is 16.0. The van der Waals surface area contributed by atoms with Gasteiger partial charge in [-0.2, -0.15) is 5.26 Å². The molecule has 0 saturated heterocycles. The Morgan fingerprint density at radius 2 is 2.12 bits per heavy atom. The van der Waals surface area contributed by atoms with Gasteiger partial charge in [-0.1, -0.05) is 38.6 Å². The number of ether oxygens (including phenoxy) is 1. The van der Waals surface area contributed by atoms with Crippen LogP contribution < -0.4 is 4.74 Å². The number of rotatable bonds is 3. The molecule has 1 heterocycles. The van der Waals surface area contributed by atoms with Crippen molar-refractivity contribution in [2.45, 2.75) is 33.1 Å². The summed E-state index contributed by atoms with van der Waals surface area (Å²) in [6.45, 7) is 7.49. The highest BCUT2D eigenvalue weighted by Crippen LogP contribution is 2.34. The third kappa shape index (κ3) is 4.74. The van der Waals surface area contributed by atoms with Gasteiger partial charge in [-0.15, -0.1) is 0 Å². The highest BCUT2D eigenvalue weighted by atomic mass is 32.2. The second-order valence-corrected chi connectivity index (χ2v) is 7.55. The standard InChI is InChI=1S/C19H20N2O3S/c1-13(22)24-16-6-5-14(11-15(16)19(2,3)4)12-17-18(23)21(8-7-20)9-10-25-17/h5-6,9-12H,8H2,1-4H3/b17-12+. The minimum absolute atomic E-state index is 0.0197. The summed E-state index contributed by atoms with van der Waals surface area (Å²) in [4.78, 5) is 25.6. The molecule has 1 aromatic rings. The van der Waals surface area contributed by atoms with E-state index in [4.69, 9.17) is 10.00 Å². The lowest BCUT2D eigenvalue weighted by atomic mass is 9.85. The highest BCUT2D eigenvalue weighted by molar-refractivity contribution is 8.06. The largest absolute Gasteiger partial charge is 0.426 e. The van der Waals surface area contributed by atoms with Crippen molar-refractivity contribution in [3.63, 3.8) is 0 Å². The van der Waals surface area contributed by atoms with Crippen molar-refractivity contribution in [1.82, 2.24) is 4.90 Å². The van der Waals surface area contributed by atoms with Gasteiger partial charge >= 0.3 is 5.97 Å². The molecule has 2 rings (SSSR count). The first-order chi connectivity index (χ1) is 11.7. The van der Waals surface area contributed by atoms with Crippen molar-refractivity contribution in [3.8, 4) is 11.8 Å². The number of thioether (sulfide) groups is 1. The zero-order chi connectivity index (χ0) is 18.6. The number of nitriles is 1. The molecule has 0 saturated carbocycles. The van der Waals surface area contributed by atoms with E-state index in [-0.39, 0.29) is 23.8 Å². The lowest BCUT2D eigenvalue weighted by Gasteiger charge is -2.23. The molecule has 1 aliphatic heterocycles. The van der Waals surface area contributed by atoms with Gasteiger partial charge in [0.15, 0.2) is 0 Å². The van der Waals surface area contributed by atoms with Crippen molar-refractivity contribution in [3.05, 3.63) is 45.8 Å². The van der Waals surface area contributed by atoms with Crippen LogP contribution in [0.4, 0.5) is 0 Å². The second kappa shape index (κ2) is 7.58. The van der Waals surface area contributed by atoms with E-state index >= 15 is 0 Å². The number of nitrogens with zero attached hydrogens (tertiary/aromatic N) is 2. The average molecular weight is 356 g/mol. The number of hydrogen-bond acceptors (Lipinski definition) is 5. The van der Waals surface area contributed by atoms with E-state index in [1.165, 1.54) is 23.6 Å². The third-order valence-electron chi connectivity index (χ3n) is 3.51. The predicted molar refractivity (Wildman–Crippen MR) is 98.5 cm³/mol. The Morgan fingerprint density at radius 1 is 1.40 bits per heavy atom. The molecule has 1 aromatic carbocycles. The third-order valence-corrected chi connectivity index (χ3v) is 4.32. The molecule has 5 nitrogen and oxygen atoms in total. The van der Waals surface area contributed by atoms with Gasteiger partial charge in [0.25, 0.3) is 5.91 Å². The van der Waals surface area contributed by atoms with Crippen LogP contribution in [-0.2, 0) is 15.0 Å². The molecule has 0 aromatic heterocycles. The summed E-state index contributed by atoms with van der Waals surface area (Å²) in [6.07, 6.45) is 3.39. The van der Waals surface area contributed by atoms with Crippen LogP contribution >= 0.6 is 11.8 Å². The molecule has 0 atom stereocenters. The Bertz CT molecular complexity index is 798. The molecule has 6 heteroatoms. The van der Waals surface area contributed by atoms with Crippen LogP contribution in [0.15, 0.2) is 34.7 Å². The Balaban J connectivity index is 2.40. The van der Waals surface area contributed by atoms with E-state index in [2.05, 4.69) is 0 Å². The van der Waals surface area contributed by atoms with Gasteiger partial charge in [0.2, 0.25) is 0 Å². The molecule has 0 aliphatic carbocycles. The van der Waals surface area contributed by atoms with E-state index in [1.54, 1.807) is 29.8 Å². The van der Waals surface area contributed by atoms with E-state index in [0.717, 1.165) is 11.1 Å². The SMILES string of the molecule is CC(=O)Oc1ccc(/C=C2/SC=CN(CC#N)C2=O)cc1C(C)(C)C. The van der Waals surface area contributed by atoms with Gasteiger partial charge in [-0.05, 0) is 34.6 Å². The molecular formula is C19H20N2O3S. The molecule has 0 fully saturated rings. The van der Waals surface area contributed by atoms with Crippen LogP contribution in [0.1, 0.15) is 38.8 Å². The van der Waals surface area contributed by atoms with Gasteiger partial charge in [-0.25, -0.2) is 0 Å². The fourth-order valence-electron chi connectivity index (χ4n) is 2.35. The number of carbonyl (C=O) groups is 2. The fraction of sp³-hybridized carbons (Fsp3) is 0.316. The lowest BCUT2D eigenvalue weighted by molar-refractivity contribution is -0.132. The molecule has 1 aliphatic rings. The molecular weight excluding hydrogens is 336 g/mol. The smallest absolute Gasteiger partial charge is 0.308 e. The monoisotopic (exact) mass is 356 g/mol. The number of esters is 1. The maximum Gasteiger partial charge on any atom is 0.308 e. The van der Waals surface area contributed by atoms with Gasteiger partial charge in [0.05, 0.1) is 11.0 Å². The van der Waals surface area contributed by atoms with Gasteiger partial charge in [0, 0.05) is 18.7 Å². The van der Waals surface area contributed by atoms with E-state index in [0.29, 0.717) is 10.7 Å². The summed E-state index contributed by atoms with van der Waals surface area (Å²) < 4.78 is 5.30. The molecule has 0 N–H and O–H groups in total. The van der Waals surface area contributed by atoms with Gasteiger partial charge in [0.1, 0.15) is 12.3 Å². The molecule has 1 amide bonds. The van der Waals surface area contributed by atoms with Crippen molar-refractivity contribution < 1.29 is 14.3 Å². The van der Waals surface area contributed by atoms with Crippen LogP contribution in [0.5, 0.6) is 5.75 Å². The van der Waals surface area contributed by atoms with Crippen molar-refractivity contribution >= 4 is 29.7 Å². The Labute approximate surface area is 152 Å². The van der Waals surface area contributed by atoms with Crippen LogP contribution in [0, 0.1) is 11.3 Å². The van der Waals surface area contributed by atoms with Crippen LogP contribution in [0.2, 0.25) is 0 Å². The molecule has 130 valence electrons. The van der Waals surface area contributed by atoms with E-state index in [1.807, 2.05) is 32.9 Å². The molecule has 0 radical (unpaired) electrons. The van der Waals surface area contributed by atoms with Gasteiger partial charge < -0.3 is 9.64 Å². The first kappa shape index (κ1) is 18.8. The number of benzene rings is 1. The van der Waals surface area contributed by atoms with Crippen molar-refractivity contribution in [2.24, 2.45) is 0 Å². The number of amides is 1. The zero-order valence-corrected chi connectivity index (χ0v) is 15.5. The Hall–Kier alpha value is -2.52. The molecule has 25 heavy (non-hydrogen) atoms.